The molecule has 6 heteroatoms. The second-order valence-corrected chi connectivity index (χ2v) is 5.11. The van der Waals surface area contributed by atoms with Gasteiger partial charge in [0, 0.05) is 31.6 Å². The summed E-state index contributed by atoms with van der Waals surface area (Å²) in [6, 6.07) is 5.65. The number of rotatable bonds is 4. The fourth-order valence-corrected chi connectivity index (χ4v) is 2.56. The molecule has 0 bridgehead atoms. The van der Waals surface area contributed by atoms with Crippen LogP contribution in [0.25, 0.3) is 0 Å². The van der Waals surface area contributed by atoms with Gasteiger partial charge in [-0.25, -0.2) is 0 Å². The number of oxime groups is 1. The highest BCUT2D eigenvalue weighted by Gasteiger charge is 2.16. The normalized spacial score (nSPS) is 19.5. The third-order valence-corrected chi connectivity index (χ3v) is 3.76. The summed E-state index contributed by atoms with van der Waals surface area (Å²) in [6.07, 6.45) is 0.691. The van der Waals surface area contributed by atoms with Crippen LogP contribution in [0.4, 0.5) is 0 Å². The number of hydrogen-bond acceptors (Lipinski definition) is 6. The molecular weight excluding hydrogens is 272 g/mol. The molecule has 21 heavy (non-hydrogen) atoms. The van der Waals surface area contributed by atoms with Crippen LogP contribution in [-0.2, 0) is 4.74 Å². The van der Waals surface area contributed by atoms with Gasteiger partial charge in [-0.2, -0.15) is 0 Å². The Kier molecular flexibility index (Phi) is 4.57. The molecule has 2 aliphatic rings. The molecule has 0 aromatic heterocycles. The highest BCUT2D eigenvalue weighted by Crippen LogP contribution is 2.31. The van der Waals surface area contributed by atoms with Gasteiger partial charge in [-0.05, 0) is 18.2 Å². The van der Waals surface area contributed by atoms with Crippen molar-refractivity contribution in [3.05, 3.63) is 23.8 Å². The summed E-state index contributed by atoms with van der Waals surface area (Å²) in [4.78, 5) is 2.31. The molecule has 0 unspecified atom stereocenters. The zero-order chi connectivity index (χ0) is 14.5. The van der Waals surface area contributed by atoms with Crippen molar-refractivity contribution in [1.29, 1.82) is 0 Å². The van der Waals surface area contributed by atoms with E-state index in [-0.39, 0.29) is 0 Å². The first-order valence-electron chi connectivity index (χ1n) is 7.28. The van der Waals surface area contributed by atoms with Crippen molar-refractivity contribution in [2.24, 2.45) is 5.16 Å². The van der Waals surface area contributed by atoms with Crippen molar-refractivity contribution in [3.63, 3.8) is 0 Å². The molecule has 0 saturated carbocycles. The van der Waals surface area contributed by atoms with Crippen molar-refractivity contribution < 1.29 is 19.4 Å². The summed E-state index contributed by atoms with van der Waals surface area (Å²) in [5.74, 6) is 1.46. The lowest BCUT2D eigenvalue weighted by molar-refractivity contribution is 0.0391. The SMILES string of the molecule is ON=C(CCN1CCOCC1)c1ccc2c(c1)OCCO2. The third kappa shape index (κ3) is 3.46. The Morgan fingerprint density at radius 3 is 2.62 bits per heavy atom. The van der Waals surface area contributed by atoms with Gasteiger partial charge in [0.25, 0.3) is 0 Å². The summed E-state index contributed by atoms with van der Waals surface area (Å²) in [7, 11) is 0. The van der Waals surface area contributed by atoms with E-state index in [2.05, 4.69) is 10.1 Å². The molecule has 0 amide bonds. The maximum Gasteiger partial charge on any atom is 0.162 e. The van der Waals surface area contributed by atoms with Crippen LogP contribution in [0.1, 0.15) is 12.0 Å². The molecule has 0 aliphatic carbocycles. The molecule has 2 aliphatic heterocycles. The van der Waals surface area contributed by atoms with Crippen LogP contribution in [0.2, 0.25) is 0 Å². The van der Waals surface area contributed by atoms with E-state index in [0.717, 1.165) is 44.2 Å². The van der Waals surface area contributed by atoms with Crippen LogP contribution in [0, 0.1) is 0 Å². The number of ether oxygens (including phenoxy) is 3. The minimum absolute atomic E-state index is 0.551. The van der Waals surface area contributed by atoms with Gasteiger partial charge in [-0.1, -0.05) is 5.16 Å². The molecule has 114 valence electrons. The first-order valence-corrected chi connectivity index (χ1v) is 7.28. The van der Waals surface area contributed by atoms with Gasteiger partial charge in [-0.3, -0.25) is 4.90 Å². The van der Waals surface area contributed by atoms with Crippen LogP contribution in [0.5, 0.6) is 11.5 Å². The quantitative estimate of drug-likeness (QED) is 0.516. The number of nitrogens with zero attached hydrogens (tertiary/aromatic N) is 2. The molecule has 3 rings (SSSR count). The molecule has 0 radical (unpaired) electrons. The first-order chi connectivity index (χ1) is 10.4. The molecule has 1 fully saturated rings. The summed E-state index contributed by atoms with van der Waals surface area (Å²) in [6.45, 7) is 5.39. The molecular formula is C15H20N2O4. The second kappa shape index (κ2) is 6.78. The minimum Gasteiger partial charge on any atom is -0.486 e. The summed E-state index contributed by atoms with van der Waals surface area (Å²) in [5.41, 5.74) is 1.54. The Hall–Kier alpha value is -1.79. The van der Waals surface area contributed by atoms with Gasteiger partial charge in [0.1, 0.15) is 13.2 Å². The molecule has 1 N–H and O–H groups in total. The van der Waals surface area contributed by atoms with Crippen LogP contribution >= 0.6 is 0 Å². The maximum absolute atomic E-state index is 9.29. The van der Waals surface area contributed by atoms with E-state index in [1.165, 1.54) is 0 Å². The zero-order valence-electron chi connectivity index (χ0n) is 12.0. The molecule has 0 spiro atoms. The summed E-state index contributed by atoms with van der Waals surface area (Å²) >= 11 is 0. The average Bonchev–Trinajstić information content (AvgIpc) is 2.56. The first kappa shape index (κ1) is 14.2. The van der Waals surface area contributed by atoms with Crippen molar-refractivity contribution in [2.45, 2.75) is 6.42 Å². The largest absolute Gasteiger partial charge is 0.486 e. The van der Waals surface area contributed by atoms with E-state index < -0.39 is 0 Å². The van der Waals surface area contributed by atoms with Crippen LogP contribution in [0.3, 0.4) is 0 Å². The zero-order valence-corrected chi connectivity index (χ0v) is 12.0. The standard InChI is InChI=1S/C15H20N2O4/c18-16-13(3-4-17-5-7-19-8-6-17)12-1-2-14-15(11-12)21-10-9-20-14/h1-2,11,18H,3-10H2. The number of benzene rings is 1. The number of hydrogen-bond donors (Lipinski definition) is 1. The topological polar surface area (TPSA) is 63.5 Å². The molecule has 1 aromatic rings. The van der Waals surface area contributed by atoms with Crippen LogP contribution in [-0.4, -0.2) is 61.9 Å². The molecule has 1 saturated heterocycles. The van der Waals surface area contributed by atoms with Gasteiger partial charge >= 0.3 is 0 Å². The summed E-state index contributed by atoms with van der Waals surface area (Å²) < 4.78 is 16.4. The van der Waals surface area contributed by atoms with E-state index in [9.17, 15) is 5.21 Å². The number of fused-ring (bicyclic) bond motifs is 1. The van der Waals surface area contributed by atoms with Gasteiger partial charge in [-0.15, -0.1) is 0 Å². The van der Waals surface area contributed by atoms with Gasteiger partial charge < -0.3 is 19.4 Å². The monoisotopic (exact) mass is 292 g/mol. The van der Waals surface area contributed by atoms with Crippen molar-refractivity contribution in [1.82, 2.24) is 4.90 Å². The van der Waals surface area contributed by atoms with Gasteiger partial charge in [0.15, 0.2) is 11.5 Å². The van der Waals surface area contributed by atoms with E-state index in [0.29, 0.717) is 31.1 Å². The number of morpholine rings is 1. The van der Waals surface area contributed by atoms with Crippen molar-refractivity contribution in [2.75, 3.05) is 46.1 Å². The van der Waals surface area contributed by atoms with Crippen molar-refractivity contribution in [3.8, 4) is 11.5 Å². The lowest BCUT2D eigenvalue weighted by atomic mass is 10.1. The average molecular weight is 292 g/mol. The lowest BCUT2D eigenvalue weighted by Crippen LogP contribution is -2.37. The predicted octanol–water partition coefficient (Wildman–Crippen LogP) is 1.36. The fraction of sp³-hybridized carbons (Fsp3) is 0.533. The van der Waals surface area contributed by atoms with Crippen LogP contribution < -0.4 is 9.47 Å². The van der Waals surface area contributed by atoms with Crippen LogP contribution in [0.15, 0.2) is 23.4 Å². The lowest BCUT2D eigenvalue weighted by Gasteiger charge is -2.26. The van der Waals surface area contributed by atoms with E-state index >= 15 is 0 Å². The summed E-state index contributed by atoms with van der Waals surface area (Å²) in [5, 5.41) is 12.7. The Balaban J connectivity index is 1.65. The molecule has 1 aromatic carbocycles. The Labute approximate surface area is 123 Å². The van der Waals surface area contributed by atoms with E-state index in [4.69, 9.17) is 14.2 Å². The van der Waals surface area contributed by atoms with Gasteiger partial charge in [0.05, 0.1) is 18.9 Å². The maximum atomic E-state index is 9.29. The van der Waals surface area contributed by atoms with E-state index in [1.54, 1.807) is 0 Å². The predicted molar refractivity (Wildman–Crippen MR) is 77.6 cm³/mol. The Morgan fingerprint density at radius 1 is 1.10 bits per heavy atom. The highest BCUT2D eigenvalue weighted by molar-refractivity contribution is 6.00. The van der Waals surface area contributed by atoms with Crippen molar-refractivity contribution >= 4 is 5.71 Å². The third-order valence-electron chi connectivity index (χ3n) is 3.76. The van der Waals surface area contributed by atoms with Gasteiger partial charge in [0.2, 0.25) is 0 Å². The fourth-order valence-electron chi connectivity index (χ4n) is 2.56. The van der Waals surface area contributed by atoms with E-state index in [1.807, 2.05) is 18.2 Å². The molecule has 2 heterocycles. The smallest absolute Gasteiger partial charge is 0.162 e. The molecule has 6 nitrogen and oxygen atoms in total. The highest BCUT2D eigenvalue weighted by atomic mass is 16.6. The Morgan fingerprint density at radius 2 is 1.86 bits per heavy atom. The Bertz CT molecular complexity index is 512. The molecule has 0 atom stereocenters. The minimum atomic E-state index is 0.551. The second-order valence-electron chi connectivity index (χ2n) is 5.11.